The van der Waals surface area contributed by atoms with Crippen molar-refractivity contribution in [3.8, 4) is 0 Å². The van der Waals surface area contributed by atoms with E-state index in [1.165, 1.54) is 12.1 Å². The number of carbonyl (C=O) groups excluding carboxylic acids is 1. The van der Waals surface area contributed by atoms with Gasteiger partial charge in [-0.1, -0.05) is 24.3 Å². The molecule has 0 aromatic heterocycles. The van der Waals surface area contributed by atoms with Crippen LogP contribution in [0.2, 0.25) is 0 Å². The number of rotatable bonds is 6. The monoisotopic (exact) mass is 257 g/mol. The first kappa shape index (κ1) is 14.4. The van der Waals surface area contributed by atoms with Crippen molar-refractivity contribution in [2.45, 2.75) is 12.6 Å². The molecule has 0 radical (unpaired) electrons. The third-order valence-electron chi connectivity index (χ3n) is 2.27. The lowest BCUT2D eigenvalue weighted by atomic mass is 10.1. The number of nitrogens with one attached hydrogen (secondary N) is 1. The first-order valence-corrected chi connectivity index (χ1v) is 5.43. The Morgan fingerprint density at radius 3 is 2.72 bits per heavy atom. The standard InChI is InChI=1S/C13H14F3NO/c1-2-6-17-9-12(18)8-10-4-3-5-11(7-10)13(14,15)16/h2-5,7,17H,1,6,8-9H2. The van der Waals surface area contributed by atoms with Gasteiger partial charge in [0.1, 0.15) is 0 Å². The van der Waals surface area contributed by atoms with E-state index in [0.717, 1.165) is 12.1 Å². The molecule has 98 valence electrons. The smallest absolute Gasteiger partial charge is 0.307 e. The highest BCUT2D eigenvalue weighted by Gasteiger charge is 2.30. The summed E-state index contributed by atoms with van der Waals surface area (Å²) in [6.07, 6.45) is -2.77. The van der Waals surface area contributed by atoms with Gasteiger partial charge in [0.25, 0.3) is 0 Å². The Bertz CT molecular complexity index is 426. The SMILES string of the molecule is C=CCNCC(=O)Cc1cccc(C(F)(F)F)c1. The summed E-state index contributed by atoms with van der Waals surface area (Å²) >= 11 is 0. The molecule has 0 heterocycles. The Hall–Kier alpha value is -1.62. The van der Waals surface area contributed by atoms with E-state index in [-0.39, 0.29) is 18.7 Å². The molecule has 0 spiro atoms. The third kappa shape index (κ3) is 4.71. The van der Waals surface area contributed by atoms with E-state index < -0.39 is 11.7 Å². The fourth-order valence-corrected chi connectivity index (χ4v) is 1.46. The van der Waals surface area contributed by atoms with Crippen LogP contribution in [0, 0.1) is 0 Å². The minimum absolute atomic E-state index is 0.00589. The molecule has 18 heavy (non-hydrogen) atoms. The van der Waals surface area contributed by atoms with E-state index in [1.807, 2.05) is 0 Å². The number of benzene rings is 1. The van der Waals surface area contributed by atoms with Crippen molar-refractivity contribution in [2.75, 3.05) is 13.1 Å². The second-order valence-electron chi connectivity index (χ2n) is 3.83. The Kier molecular flexibility index (Phi) is 5.09. The van der Waals surface area contributed by atoms with Gasteiger partial charge in [0, 0.05) is 13.0 Å². The summed E-state index contributed by atoms with van der Waals surface area (Å²) in [5, 5.41) is 2.81. The van der Waals surface area contributed by atoms with Crippen LogP contribution < -0.4 is 5.32 Å². The van der Waals surface area contributed by atoms with Gasteiger partial charge in [-0.2, -0.15) is 13.2 Å². The van der Waals surface area contributed by atoms with Gasteiger partial charge in [-0.25, -0.2) is 0 Å². The Labute approximate surface area is 104 Å². The van der Waals surface area contributed by atoms with Gasteiger partial charge in [-0.3, -0.25) is 4.79 Å². The zero-order chi connectivity index (χ0) is 13.6. The van der Waals surface area contributed by atoms with Crippen molar-refractivity contribution < 1.29 is 18.0 Å². The molecule has 1 aromatic rings. The molecule has 2 nitrogen and oxygen atoms in total. The molecule has 0 saturated heterocycles. The normalized spacial score (nSPS) is 11.3. The van der Waals surface area contributed by atoms with Crippen molar-refractivity contribution in [2.24, 2.45) is 0 Å². The van der Waals surface area contributed by atoms with E-state index in [1.54, 1.807) is 6.08 Å². The van der Waals surface area contributed by atoms with Gasteiger partial charge in [0.2, 0.25) is 0 Å². The lowest BCUT2D eigenvalue weighted by molar-refractivity contribution is -0.137. The van der Waals surface area contributed by atoms with Crippen molar-refractivity contribution >= 4 is 5.78 Å². The molecule has 1 rings (SSSR count). The van der Waals surface area contributed by atoms with Gasteiger partial charge in [0.05, 0.1) is 12.1 Å². The maximum atomic E-state index is 12.4. The molecule has 0 saturated carbocycles. The molecule has 0 aliphatic heterocycles. The highest BCUT2D eigenvalue weighted by Crippen LogP contribution is 2.29. The second-order valence-corrected chi connectivity index (χ2v) is 3.83. The van der Waals surface area contributed by atoms with Crippen LogP contribution in [0.25, 0.3) is 0 Å². The van der Waals surface area contributed by atoms with Crippen LogP contribution in [0.15, 0.2) is 36.9 Å². The molecule has 1 N–H and O–H groups in total. The largest absolute Gasteiger partial charge is 0.416 e. The number of hydrogen-bond donors (Lipinski definition) is 1. The molecule has 0 aliphatic rings. The fourth-order valence-electron chi connectivity index (χ4n) is 1.46. The zero-order valence-corrected chi connectivity index (χ0v) is 9.76. The number of carbonyl (C=O) groups is 1. The number of hydrogen-bond acceptors (Lipinski definition) is 2. The summed E-state index contributed by atoms with van der Waals surface area (Å²) in [5.41, 5.74) is -0.359. The second kappa shape index (κ2) is 6.35. The molecular weight excluding hydrogens is 243 g/mol. The number of halogens is 3. The number of ketones is 1. The van der Waals surface area contributed by atoms with Crippen LogP contribution in [-0.2, 0) is 17.4 Å². The van der Waals surface area contributed by atoms with E-state index in [0.29, 0.717) is 12.1 Å². The van der Waals surface area contributed by atoms with E-state index >= 15 is 0 Å². The Balaban J connectivity index is 2.62. The fraction of sp³-hybridized carbons (Fsp3) is 0.308. The maximum Gasteiger partial charge on any atom is 0.416 e. The van der Waals surface area contributed by atoms with Crippen LogP contribution in [0.3, 0.4) is 0 Å². The minimum Gasteiger partial charge on any atom is -0.307 e. The molecule has 0 aliphatic carbocycles. The average molecular weight is 257 g/mol. The molecule has 0 bridgehead atoms. The molecule has 0 atom stereocenters. The highest BCUT2D eigenvalue weighted by atomic mass is 19.4. The van der Waals surface area contributed by atoms with Gasteiger partial charge in [0.15, 0.2) is 5.78 Å². The number of Topliss-reactive ketones (excluding diaryl/α,β-unsaturated/α-hetero) is 1. The lowest BCUT2D eigenvalue weighted by Crippen LogP contribution is -2.24. The van der Waals surface area contributed by atoms with E-state index in [4.69, 9.17) is 0 Å². The summed E-state index contributed by atoms with van der Waals surface area (Å²) in [7, 11) is 0. The van der Waals surface area contributed by atoms with E-state index in [2.05, 4.69) is 11.9 Å². The molecule has 1 aromatic carbocycles. The van der Waals surface area contributed by atoms with Crippen LogP contribution in [0.1, 0.15) is 11.1 Å². The van der Waals surface area contributed by atoms with Crippen molar-refractivity contribution in [1.82, 2.24) is 5.32 Å². The Morgan fingerprint density at radius 1 is 1.39 bits per heavy atom. The average Bonchev–Trinajstić information content (AvgIpc) is 2.28. The van der Waals surface area contributed by atoms with Crippen LogP contribution >= 0.6 is 0 Å². The topological polar surface area (TPSA) is 29.1 Å². The van der Waals surface area contributed by atoms with Crippen LogP contribution in [0.5, 0.6) is 0 Å². The zero-order valence-electron chi connectivity index (χ0n) is 9.76. The quantitative estimate of drug-likeness (QED) is 0.627. The predicted octanol–water partition coefficient (Wildman–Crippen LogP) is 2.59. The van der Waals surface area contributed by atoms with Crippen LogP contribution in [0.4, 0.5) is 13.2 Å². The third-order valence-corrected chi connectivity index (χ3v) is 2.27. The maximum absolute atomic E-state index is 12.4. The van der Waals surface area contributed by atoms with Crippen molar-refractivity contribution in [3.63, 3.8) is 0 Å². The summed E-state index contributed by atoms with van der Waals surface area (Å²) in [4.78, 5) is 11.5. The van der Waals surface area contributed by atoms with Crippen molar-refractivity contribution in [1.29, 1.82) is 0 Å². The van der Waals surface area contributed by atoms with Crippen molar-refractivity contribution in [3.05, 3.63) is 48.0 Å². The summed E-state index contributed by atoms with van der Waals surface area (Å²) in [5.74, 6) is -0.156. The van der Waals surface area contributed by atoms with Gasteiger partial charge >= 0.3 is 6.18 Å². The predicted molar refractivity (Wildman–Crippen MR) is 63.2 cm³/mol. The summed E-state index contributed by atoms with van der Waals surface area (Å²) < 4.78 is 37.3. The first-order chi connectivity index (χ1) is 8.43. The molecule has 0 fully saturated rings. The first-order valence-electron chi connectivity index (χ1n) is 5.43. The Morgan fingerprint density at radius 2 is 2.11 bits per heavy atom. The van der Waals surface area contributed by atoms with Crippen LogP contribution in [-0.4, -0.2) is 18.9 Å². The lowest BCUT2D eigenvalue weighted by Gasteiger charge is -2.08. The molecule has 0 amide bonds. The van der Waals surface area contributed by atoms with Gasteiger partial charge in [-0.15, -0.1) is 6.58 Å². The number of alkyl halides is 3. The molecular formula is C13H14F3NO. The van der Waals surface area contributed by atoms with Gasteiger partial charge < -0.3 is 5.32 Å². The van der Waals surface area contributed by atoms with E-state index in [9.17, 15) is 18.0 Å². The molecule has 0 unspecified atom stereocenters. The van der Waals surface area contributed by atoms with Gasteiger partial charge in [-0.05, 0) is 11.6 Å². The highest BCUT2D eigenvalue weighted by molar-refractivity contribution is 5.82. The summed E-state index contributed by atoms with van der Waals surface area (Å²) in [6.45, 7) is 4.10. The summed E-state index contributed by atoms with van der Waals surface area (Å²) in [6, 6.07) is 4.82. The minimum atomic E-state index is -4.37. The molecule has 5 heteroatoms.